The number of guanidine groups is 1. The molecule has 0 saturated carbocycles. The molecule has 1 saturated heterocycles. The Morgan fingerprint density at radius 3 is 2.84 bits per heavy atom. The van der Waals surface area contributed by atoms with Crippen molar-refractivity contribution >= 4 is 5.96 Å². The lowest BCUT2D eigenvalue weighted by Gasteiger charge is -2.13. The Morgan fingerprint density at radius 1 is 1.26 bits per heavy atom. The van der Waals surface area contributed by atoms with Crippen molar-refractivity contribution < 1.29 is 0 Å². The Morgan fingerprint density at radius 2 is 2.11 bits per heavy atom. The summed E-state index contributed by atoms with van der Waals surface area (Å²) in [7, 11) is 0. The normalized spacial score (nSPS) is 20.9. The Balaban J connectivity index is 2.07. The minimum atomic E-state index is 0.630. The first kappa shape index (κ1) is 16.3. The van der Waals surface area contributed by atoms with Crippen molar-refractivity contribution in [2.24, 2.45) is 16.6 Å². The molecule has 1 fully saturated rings. The van der Waals surface area contributed by atoms with E-state index in [2.05, 4.69) is 29.1 Å². The molecule has 0 spiro atoms. The van der Waals surface area contributed by atoms with Crippen LogP contribution in [0.5, 0.6) is 0 Å². The van der Waals surface area contributed by atoms with E-state index in [9.17, 15) is 0 Å². The molecule has 112 valence electrons. The molecule has 0 bridgehead atoms. The van der Waals surface area contributed by atoms with E-state index in [0.29, 0.717) is 11.9 Å². The van der Waals surface area contributed by atoms with Crippen molar-refractivity contribution in [1.29, 1.82) is 0 Å². The molecule has 19 heavy (non-hydrogen) atoms. The quantitative estimate of drug-likeness (QED) is 0.383. The Hall–Kier alpha value is -0.770. The molecule has 1 atom stereocenters. The molecule has 1 rings (SSSR count). The van der Waals surface area contributed by atoms with Crippen molar-refractivity contribution in [1.82, 2.24) is 10.2 Å². The molecule has 4 heteroatoms. The second kappa shape index (κ2) is 10.1. The monoisotopic (exact) mass is 268 g/mol. The van der Waals surface area contributed by atoms with E-state index in [1.54, 1.807) is 0 Å². The zero-order chi connectivity index (χ0) is 13.9. The van der Waals surface area contributed by atoms with Gasteiger partial charge in [0, 0.05) is 19.6 Å². The summed E-state index contributed by atoms with van der Waals surface area (Å²) < 4.78 is 0. The van der Waals surface area contributed by atoms with E-state index in [0.717, 1.165) is 13.1 Å². The topological polar surface area (TPSA) is 53.6 Å². The molecular weight excluding hydrogens is 236 g/mol. The zero-order valence-corrected chi connectivity index (χ0v) is 12.8. The number of nitrogens with zero attached hydrogens (tertiary/aromatic N) is 2. The fourth-order valence-electron chi connectivity index (χ4n) is 2.63. The van der Waals surface area contributed by atoms with Gasteiger partial charge in [0.1, 0.15) is 0 Å². The average molecular weight is 268 g/mol. The molecule has 3 N–H and O–H groups in total. The first-order valence-electron chi connectivity index (χ1n) is 8.02. The first-order chi connectivity index (χ1) is 9.26. The van der Waals surface area contributed by atoms with Gasteiger partial charge in [-0.2, -0.15) is 0 Å². The van der Waals surface area contributed by atoms with Gasteiger partial charge in [0.05, 0.1) is 0 Å². The predicted octanol–water partition coefficient (Wildman–Crippen LogP) is 2.20. The number of likely N-dealkylation sites (tertiary alicyclic amines) is 1. The molecule has 0 aromatic carbocycles. The van der Waals surface area contributed by atoms with Crippen molar-refractivity contribution in [3.05, 3.63) is 0 Å². The third kappa shape index (κ3) is 7.41. The van der Waals surface area contributed by atoms with Gasteiger partial charge in [0.25, 0.3) is 0 Å². The maximum Gasteiger partial charge on any atom is 0.188 e. The van der Waals surface area contributed by atoms with Crippen LogP contribution < -0.4 is 11.1 Å². The zero-order valence-electron chi connectivity index (χ0n) is 12.8. The highest BCUT2D eigenvalue weighted by molar-refractivity contribution is 5.77. The van der Waals surface area contributed by atoms with E-state index in [4.69, 9.17) is 5.73 Å². The molecule has 1 heterocycles. The number of hydrogen-bond acceptors (Lipinski definition) is 2. The van der Waals surface area contributed by atoms with Crippen LogP contribution in [0.3, 0.4) is 0 Å². The molecule has 1 aliphatic heterocycles. The van der Waals surface area contributed by atoms with Gasteiger partial charge in [-0.3, -0.25) is 4.99 Å². The molecule has 0 radical (unpaired) electrons. The SMILES string of the molecule is CCCCCCNC(N)=NCC1CCN(CCC)C1. The third-order valence-corrected chi connectivity index (χ3v) is 3.77. The van der Waals surface area contributed by atoms with E-state index in [1.165, 1.54) is 58.2 Å². The number of hydrogen-bond donors (Lipinski definition) is 2. The molecule has 0 aromatic heterocycles. The number of nitrogens with two attached hydrogens (primary N) is 1. The molecule has 0 amide bonds. The van der Waals surface area contributed by atoms with Crippen LogP contribution in [-0.4, -0.2) is 43.6 Å². The maximum atomic E-state index is 5.89. The second-order valence-electron chi connectivity index (χ2n) is 5.67. The van der Waals surface area contributed by atoms with Crippen LogP contribution in [-0.2, 0) is 0 Å². The van der Waals surface area contributed by atoms with Crippen LogP contribution >= 0.6 is 0 Å². The van der Waals surface area contributed by atoms with Crippen LogP contribution in [0, 0.1) is 5.92 Å². The number of nitrogens with one attached hydrogen (secondary N) is 1. The number of aliphatic imine (C=N–C) groups is 1. The fraction of sp³-hybridized carbons (Fsp3) is 0.933. The lowest BCUT2D eigenvalue weighted by Crippen LogP contribution is -2.33. The molecule has 1 aliphatic rings. The third-order valence-electron chi connectivity index (χ3n) is 3.77. The summed E-state index contributed by atoms with van der Waals surface area (Å²) in [6.45, 7) is 9.97. The van der Waals surface area contributed by atoms with Gasteiger partial charge >= 0.3 is 0 Å². The number of rotatable bonds is 9. The minimum absolute atomic E-state index is 0.630. The highest BCUT2D eigenvalue weighted by atomic mass is 15.2. The summed E-state index contributed by atoms with van der Waals surface area (Å²) in [6.07, 6.45) is 7.58. The lowest BCUT2D eigenvalue weighted by molar-refractivity contribution is 0.326. The summed E-state index contributed by atoms with van der Waals surface area (Å²) in [4.78, 5) is 7.01. The second-order valence-corrected chi connectivity index (χ2v) is 5.67. The molecular formula is C15H32N4. The van der Waals surface area contributed by atoms with Crippen LogP contribution in [0.4, 0.5) is 0 Å². The van der Waals surface area contributed by atoms with Crippen LogP contribution in [0.2, 0.25) is 0 Å². The molecule has 1 unspecified atom stereocenters. The molecule has 4 nitrogen and oxygen atoms in total. The van der Waals surface area contributed by atoms with E-state index < -0.39 is 0 Å². The van der Waals surface area contributed by atoms with Crippen LogP contribution in [0.1, 0.15) is 52.4 Å². The van der Waals surface area contributed by atoms with Gasteiger partial charge in [0.2, 0.25) is 0 Å². The van der Waals surface area contributed by atoms with E-state index >= 15 is 0 Å². The fourth-order valence-corrected chi connectivity index (χ4v) is 2.63. The molecule has 0 aliphatic carbocycles. The van der Waals surface area contributed by atoms with Crippen LogP contribution in [0.25, 0.3) is 0 Å². The minimum Gasteiger partial charge on any atom is -0.370 e. The van der Waals surface area contributed by atoms with Crippen molar-refractivity contribution in [2.45, 2.75) is 52.4 Å². The largest absolute Gasteiger partial charge is 0.370 e. The maximum absolute atomic E-state index is 5.89. The van der Waals surface area contributed by atoms with E-state index in [-0.39, 0.29) is 0 Å². The van der Waals surface area contributed by atoms with Crippen molar-refractivity contribution in [2.75, 3.05) is 32.7 Å². The summed E-state index contributed by atoms with van der Waals surface area (Å²) in [5, 5.41) is 3.22. The van der Waals surface area contributed by atoms with Gasteiger partial charge in [0.15, 0.2) is 5.96 Å². The Kier molecular flexibility index (Phi) is 8.63. The summed E-state index contributed by atoms with van der Waals surface area (Å²) in [6, 6.07) is 0. The number of unbranched alkanes of at least 4 members (excludes halogenated alkanes) is 3. The molecule has 0 aromatic rings. The van der Waals surface area contributed by atoms with Crippen molar-refractivity contribution in [3.8, 4) is 0 Å². The van der Waals surface area contributed by atoms with Gasteiger partial charge in [-0.05, 0) is 38.3 Å². The van der Waals surface area contributed by atoms with Crippen molar-refractivity contribution in [3.63, 3.8) is 0 Å². The van der Waals surface area contributed by atoms with Crippen LogP contribution in [0.15, 0.2) is 4.99 Å². The summed E-state index contributed by atoms with van der Waals surface area (Å²) >= 11 is 0. The van der Waals surface area contributed by atoms with Gasteiger partial charge < -0.3 is 16.0 Å². The summed E-state index contributed by atoms with van der Waals surface area (Å²) in [5.74, 6) is 1.33. The van der Waals surface area contributed by atoms with Gasteiger partial charge in [-0.1, -0.05) is 33.1 Å². The predicted molar refractivity (Wildman–Crippen MR) is 83.5 cm³/mol. The highest BCUT2D eigenvalue weighted by Crippen LogP contribution is 2.16. The lowest BCUT2D eigenvalue weighted by atomic mass is 10.1. The highest BCUT2D eigenvalue weighted by Gasteiger charge is 2.21. The Bertz CT molecular complexity index is 253. The summed E-state index contributed by atoms with van der Waals surface area (Å²) in [5.41, 5.74) is 5.89. The average Bonchev–Trinajstić information content (AvgIpc) is 2.84. The first-order valence-corrected chi connectivity index (χ1v) is 8.02. The standard InChI is InChI=1S/C15H32N4/c1-3-5-6-7-9-17-15(16)18-12-14-8-11-19(13-14)10-4-2/h14H,3-13H2,1-2H3,(H3,16,17,18). The van der Waals surface area contributed by atoms with Gasteiger partial charge in [-0.15, -0.1) is 0 Å². The smallest absolute Gasteiger partial charge is 0.188 e. The Labute approximate surface area is 118 Å². The van der Waals surface area contributed by atoms with Gasteiger partial charge in [-0.25, -0.2) is 0 Å². The van der Waals surface area contributed by atoms with E-state index in [1.807, 2.05) is 0 Å².